The molecule has 0 radical (unpaired) electrons. The number of hydrogen-bond donors (Lipinski definition) is 1. The number of carbonyl (C=O) groups is 2. The summed E-state index contributed by atoms with van der Waals surface area (Å²) in [6.45, 7) is 2.99. The highest BCUT2D eigenvalue weighted by molar-refractivity contribution is 8.26. The number of amides is 2. The summed E-state index contributed by atoms with van der Waals surface area (Å²) in [6, 6.07) is 23.3. The van der Waals surface area contributed by atoms with Gasteiger partial charge in [-0.25, -0.2) is 0 Å². The van der Waals surface area contributed by atoms with Crippen molar-refractivity contribution in [3.8, 4) is 11.5 Å². The van der Waals surface area contributed by atoms with E-state index < -0.39 is 0 Å². The van der Waals surface area contributed by atoms with Crippen LogP contribution in [0.3, 0.4) is 0 Å². The Morgan fingerprint density at radius 3 is 2.51 bits per heavy atom. The molecule has 0 aliphatic carbocycles. The fourth-order valence-electron chi connectivity index (χ4n) is 4.07. The summed E-state index contributed by atoms with van der Waals surface area (Å²) in [7, 11) is 1.60. The summed E-state index contributed by atoms with van der Waals surface area (Å²) >= 11 is 6.79. The van der Waals surface area contributed by atoms with E-state index >= 15 is 0 Å². The monoisotopic (exact) mass is 560 g/mol. The zero-order valence-electron chi connectivity index (χ0n) is 22.1. The molecule has 0 bridgehead atoms. The van der Waals surface area contributed by atoms with Crippen molar-refractivity contribution < 1.29 is 19.1 Å². The van der Waals surface area contributed by atoms with Crippen LogP contribution in [0.2, 0.25) is 0 Å². The van der Waals surface area contributed by atoms with Crippen LogP contribution >= 0.6 is 24.0 Å². The molecule has 6 nitrogen and oxygen atoms in total. The molecule has 2 amide bonds. The van der Waals surface area contributed by atoms with Crippen molar-refractivity contribution in [1.29, 1.82) is 0 Å². The van der Waals surface area contributed by atoms with E-state index in [0.29, 0.717) is 40.3 Å². The van der Waals surface area contributed by atoms with E-state index in [-0.39, 0.29) is 11.8 Å². The molecule has 0 saturated carbocycles. The van der Waals surface area contributed by atoms with Crippen LogP contribution in [0.4, 0.5) is 5.69 Å². The van der Waals surface area contributed by atoms with Crippen LogP contribution in [-0.4, -0.2) is 34.7 Å². The van der Waals surface area contributed by atoms with Gasteiger partial charge >= 0.3 is 0 Å². The van der Waals surface area contributed by atoms with Crippen LogP contribution in [0, 0.1) is 6.92 Å². The maximum Gasteiger partial charge on any atom is 0.266 e. The molecule has 3 aromatic carbocycles. The van der Waals surface area contributed by atoms with Crippen molar-refractivity contribution >= 4 is 51.9 Å². The van der Waals surface area contributed by atoms with Crippen LogP contribution < -0.4 is 14.8 Å². The molecule has 4 rings (SSSR count). The van der Waals surface area contributed by atoms with E-state index in [1.54, 1.807) is 12.0 Å². The Morgan fingerprint density at radius 1 is 1.00 bits per heavy atom. The van der Waals surface area contributed by atoms with Gasteiger partial charge in [0.15, 0.2) is 11.5 Å². The first-order valence-corrected chi connectivity index (χ1v) is 14.1. The van der Waals surface area contributed by atoms with Gasteiger partial charge in [0.05, 0.1) is 12.0 Å². The number of ether oxygens (including phenoxy) is 2. The molecule has 0 unspecified atom stereocenters. The minimum atomic E-state index is -0.0921. The zero-order valence-corrected chi connectivity index (χ0v) is 23.8. The lowest BCUT2D eigenvalue weighted by Crippen LogP contribution is -2.29. The number of unbranched alkanes of at least 4 members (excludes halogenated alkanes) is 2. The smallest absolute Gasteiger partial charge is 0.266 e. The van der Waals surface area contributed by atoms with Gasteiger partial charge < -0.3 is 14.8 Å². The highest BCUT2D eigenvalue weighted by Gasteiger charge is 2.31. The maximum atomic E-state index is 13.0. The van der Waals surface area contributed by atoms with E-state index in [2.05, 4.69) is 5.32 Å². The number of thiocarbonyl (C=S) groups is 1. The van der Waals surface area contributed by atoms with Crippen molar-refractivity contribution in [2.75, 3.05) is 19.0 Å². The van der Waals surface area contributed by atoms with Crippen molar-refractivity contribution in [2.24, 2.45) is 0 Å². The largest absolute Gasteiger partial charge is 0.493 e. The van der Waals surface area contributed by atoms with Crippen molar-refractivity contribution in [2.45, 2.75) is 39.2 Å². The van der Waals surface area contributed by atoms with Gasteiger partial charge in [-0.3, -0.25) is 14.5 Å². The number of hydrogen-bond acceptors (Lipinski definition) is 6. The average molecular weight is 561 g/mol. The number of aryl methyl sites for hydroxylation is 1. The molecule has 3 aromatic rings. The summed E-state index contributed by atoms with van der Waals surface area (Å²) in [5, 5.41) is 2.92. The van der Waals surface area contributed by atoms with Gasteiger partial charge in [-0.05, 0) is 61.2 Å². The Kier molecular flexibility index (Phi) is 10.2. The number of rotatable bonds is 12. The Hall–Kier alpha value is -3.62. The van der Waals surface area contributed by atoms with E-state index in [1.165, 1.54) is 11.8 Å². The lowest BCUT2D eigenvalue weighted by atomic mass is 10.1. The third-order valence-corrected chi connectivity index (χ3v) is 7.59. The first-order valence-electron chi connectivity index (χ1n) is 12.9. The summed E-state index contributed by atoms with van der Waals surface area (Å²) in [4.78, 5) is 27.4. The zero-order chi connectivity index (χ0) is 27.6. The number of benzene rings is 3. The van der Waals surface area contributed by atoms with Crippen LogP contribution in [-0.2, 0) is 16.2 Å². The Morgan fingerprint density at radius 2 is 1.77 bits per heavy atom. The predicted octanol–water partition coefficient (Wildman–Crippen LogP) is 6.98. The molecular formula is C31H32N2O4S2. The second-order valence-corrected chi connectivity index (χ2v) is 10.9. The number of carbonyl (C=O) groups excluding carboxylic acids is 2. The topological polar surface area (TPSA) is 67.9 Å². The Balaban J connectivity index is 1.25. The molecule has 0 spiro atoms. The molecule has 8 heteroatoms. The fraction of sp³-hybridized carbons (Fsp3) is 0.258. The second kappa shape index (κ2) is 14.0. The van der Waals surface area contributed by atoms with Crippen LogP contribution in [0.15, 0.2) is 77.7 Å². The van der Waals surface area contributed by atoms with E-state index in [4.69, 9.17) is 21.7 Å². The first kappa shape index (κ1) is 28.4. The molecule has 1 N–H and O–H groups in total. The van der Waals surface area contributed by atoms with Gasteiger partial charge in [-0.1, -0.05) is 84.5 Å². The average Bonchev–Trinajstić information content (AvgIpc) is 3.21. The summed E-state index contributed by atoms with van der Waals surface area (Å²) in [5.74, 6) is 1.14. The van der Waals surface area contributed by atoms with Crippen molar-refractivity contribution in [3.63, 3.8) is 0 Å². The first-order chi connectivity index (χ1) is 18.9. The molecule has 1 fully saturated rings. The van der Waals surface area contributed by atoms with Gasteiger partial charge in [0, 0.05) is 18.7 Å². The maximum absolute atomic E-state index is 13.0. The number of nitrogens with zero attached hydrogens (tertiary/aromatic N) is 1. The van der Waals surface area contributed by atoms with Gasteiger partial charge in [0.25, 0.3) is 5.91 Å². The SMILES string of the molecule is COc1cc(/C=C2\SC(=S)N(CCCCCC(=O)Nc3ccc(C)cc3)C2=O)ccc1OCc1ccccc1. The minimum absolute atomic E-state index is 0.000639. The lowest BCUT2D eigenvalue weighted by molar-refractivity contribution is -0.122. The molecular weight excluding hydrogens is 528 g/mol. The molecule has 39 heavy (non-hydrogen) atoms. The molecule has 0 atom stereocenters. The van der Waals surface area contributed by atoms with Gasteiger partial charge in [-0.2, -0.15) is 0 Å². The second-order valence-electron chi connectivity index (χ2n) is 9.24. The summed E-state index contributed by atoms with van der Waals surface area (Å²) < 4.78 is 12.0. The third kappa shape index (κ3) is 8.18. The molecule has 0 aromatic heterocycles. The van der Waals surface area contributed by atoms with E-state index in [1.807, 2.05) is 85.8 Å². The van der Waals surface area contributed by atoms with E-state index in [9.17, 15) is 9.59 Å². The predicted molar refractivity (Wildman–Crippen MR) is 162 cm³/mol. The van der Waals surface area contributed by atoms with Crippen LogP contribution in [0.25, 0.3) is 6.08 Å². The van der Waals surface area contributed by atoms with Crippen LogP contribution in [0.5, 0.6) is 11.5 Å². The molecule has 1 aliphatic rings. The quantitative estimate of drug-likeness (QED) is 0.146. The molecule has 1 aliphatic heterocycles. The third-order valence-electron chi connectivity index (χ3n) is 6.22. The number of thioether (sulfide) groups is 1. The fourth-order valence-corrected chi connectivity index (χ4v) is 5.37. The van der Waals surface area contributed by atoms with Gasteiger partial charge in [0.1, 0.15) is 10.9 Å². The lowest BCUT2D eigenvalue weighted by Gasteiger charge is -2.14. The van der Waals surface area contributed by atoms with Crippen LogP contribution in [0.1, 0.15) is 42.4 Å². The molecule has 1 saturated heterocycles. The van der Waals surface area contributed by atoms with Gasteiger partial charge in [-0.15, -0.1) is 0 Å². The molecule has 202 valence electrons. The Bertz CT molecular complexity index is 1340. The number of methoxy groups -OCH3 is 1. The number of nitrogens with one attached hydrogen (secondary N) is 1. The molecule has 1 heterocycles. The van der Waals surface area contributed by atoms with Crippen molar-refractivity contribution in [3.05, 3.63) is 94.4 Å². The Labute approximate surface area is 239 Å². The standard InChI is InChI=1S/C31H32N2O4S2/c1-22-12-15-25(16-13-22)32-29(34)11-7-4-8-18-33-30(35)28(39-31(33)38)20-24-14-17-26(27(19-24)36-2)37-21-23-9-5-3-6-10-23/h3,5-6,9-10,12-17,19-20H,4,7-8,11,18,21H2,1-2H3,(H,32,34)/b28-20-. The summed E-state index contributed by atoms with van der Waals surface area (Å²) in [5.41, 5.74) is 3.86. The van der Waals surface area contributed by atoms with Gasteiger partial charge in [0.2, 0.25) is 5.91 Å². The number of anilines is 1. The highest BCUT2D eigenvalue weighted by atomic mass is 32.2. The minimum Gasteiger partial charge on any atom is -0.493 e. The summed E-state index contributed by atoms with van der Waals surface area (Å²) in [6.07, 6.45) is 4.63. The van der Waals surface area contributed by atoms with Crippen molar-refractivity contribution in [1.82, 2.24) is 4.90 Å². The van der Waals surface area contributed by atoms with E-state index in [0.717, 1.165) is 41.6 Å². The normalized spacial score (nSPS) is 14.1. The highest BCUT2D eigenvalue weighted by Crippen LogP contribution is 2.35.